The lowest BCUT2D eigenvalue weighted by Crippen LogP contribution is -2.42. The number of likely N-dealkylation sites (N-methyl/N-ethyl adjacent to an activating group) is 1. The van der Waals surface area contributed by atoms with Gasteiger partial charge in [-0.05, 0) is 43.5 Å². The molecular formula is C19H22N3O. The van der Waals surface area contributed by atoms with Crippen LogP contribution in [-0.4, -0.2) is 35.9 Å². The molecule has 1 atom stereocenters. The van der Waals surface area contributed by atoms with E-state index in [9.17, 15) is 4.79 Å². The third-order valence-corrected chi connectivity index (χ3v) is 4.37. The van der Waals surface area contributed by atoms with Crippen molar-refractivity contribution >= 4 is 5.91 Å². The highest BCUT2D eigenvalue weighted by Gasteiger charge is 2.27. The molecule has 0 aliphatic carbocycles. The third-order valence-electron chi connectivity index (χ3n) is 4.37. The molecular weight excluding hydrogens is 286 g/mol. The third kappa shape index (κ3) is 3.42. The molecule has 4 heteroatoms. The molecule has 0 spiro atoms. The summed E-state index contributed by atoms with van der Waals surface area (Å²) in [5.41, 5.74) is 2.90. The molecule has 2 aromatic rings. The number of carbonyl (C=O) groups excluding carboxylic acids is 1. The van der Waals surface area contributed by atoms with E-state index in [1.165, 1.54) is 6.42 Å². The van der Waals surface area contributed by atoms with Crippen LogP contribution in [0.2, 0.25) is 0 Å². The van der Waals surface area contributed by atoms with Crippen molar-refractivity contribution in [3.8, 4) is 11.1 Å². The molecule has 1 aliphatic heterocycles. The minimum atomic E-state index is -0.335. The maximum Gasteiger partial charge on any atom is 0.244 e. The maximum atomic E-state index is 13.0. The van der Waals surface area contributed by atoms with Crippen molar-refractivity contribution in [3.05, 3.63) is 54.4 Å². The summed E-state index contributed by atoms with van der Waals surface area (Å²) < 4.78 is 0. The number of hydrogen-bond acceptors (Lipinski definition) is 3. The highest BCUT2D eigenvalue weighted by Crippen LogP contribution is 2.29. The van der Waals surface area contributed by atoms with Crippen molar-refractivity contribution in [2.75, 3.05) is 20.1 Å². The highest BCUT2D eigenvalue weighted by atomic mass is 16.2. The number of likely N-dealkylation sites (tertiary alicyclic amines) is 1. The van der Waals surface area contributed by atoms with Gasteiger partial charge in [0.05, 0.1) is 6.20 Å². The lowest BCUT2D eigenvalue weighted by molar-refractivity contribution is -0.134. The molecule has 3 rings (SSSR count). The molecule has 1 N–H and O–H groups in total. The number of benzene rings is 1. The van der Waals surface area contributed by atoms with Gasteiger partial charge >= 0.3 is 0 Å². The van der Waals surface area contributed by atoms with Gasteiger partial charge in [-0.1, -0.05) is 30.3 Å². The van der Waals surface area contributed by atoms with Crippen LogP contribution in [0.3, 0.4) is 0 Å². The zero-order valence-electron chi connectivity index (χ0n) is 13.5. The first kappa shape index (κ1) is 15.7. The smallest absolute Gasteiger partial charge is 0.244 e. The normalized spacial score (nSPS) is 16.1. The second kappa shape index (κ2) is 7.38. The van der Waals surface area contributed by atoms with Gasteiger partial charge in [0.25, 0.3) is 0 Å². The van der Waals surface area contributed by atoms with E-state index in [0.29, 0.717) is 0 Å². The number of nitrogens with one attached hydrogen (secondary N) is 1. The quantitative estimate of drug-likeness (QED) is 0.944. The number of carbonyl (C=O) groups is 1. The van der Waals surface area contributed by atoms with E-state index in [4.69, 9.17) is 0 Å². The summed E-state index contributed by atoms with van der Waals surface area (Å²) in [4.78, 5) is 19.0. The summed E-state index contributed by atoms with van der Waals surface area (Å²) >= 11 is 0. The molecule has 1 amide bonds. The zero-order chi connectivity index (χ0) is 16.1. The van der Waals surface area contributed by atoms with Gasteiger partial charge in [0.2, 0.25) is 5.91 Å². The second-order valence-corrected chi connectivity index (χ2v) is 5.86. The van der Waals surface area contributed by atoms with Crippen LogP contribution in [0.15, 0.2) is 42.6 Å². The van der Waals surface area contributed by atoms with Crippen molar-refractivity contribution in [1.82, 2.24) is 15.2 Å². The molecule has 1 radical (unpaired) electrons. The molecule has 1 aromatic carbocycles. The lowest BCUT2D eigenvalue weighted by Gasteiger charge is -2.31. The number of pyridine rings is 1. The van der Waals surface area contributed by atoms with E-state index in [0.717, 1.165) is 42.6 Å². The Bertz CT molecular complexity index is 651. The number of rotatable bonds is 4. The number of nitrogens with zero attached hydrogens (tertiary/aromatic N) is 2. The van der Waals surface area contributed by atoms with Crippen molar-refractivity contribution in [3.63, 3.8) is 0 Å². The van der Waals surface area contributed by atoms with Gasteiger partial charge in [-0.2, -0.15) is 0 Å². The van der Waals surface area contributed by atoms with Crippen LogP contribution in [0.25, 0.3) is 11.1 Å². The Kier molecular flexibility index (Phi) is 5.03. The average molecular weight is 308 g/mol. The van der Waals surface area contributed by atoms with Crippen LogP contribution in [0.5, 0.6) is 0 Å². The number of aromatic nitrogens is 1. The predicted molar refractivity (Wildman–Crippen MR) is 90.7 cm³/mol. The first-order valence-corrected chi connectivity index (χ1v) is 8.19. The first-order chi connectivity index (χ1) is 11.3. The van der Waals surface area contributed by atoms with Gasteiger partial charge in [0, 0.05) is 24.8 Å². The molecule has 0 bridgehead atoms. The van der Waals surface area contributed by atoms with Crippen molar-refractivity contribution in [2.45, 2.75) is 25.3 Å². The number of piperidine rings is 1. The molecule has 2 heterocycles. The Labute approximate surface area is 137 Å². The zero-order valence-corrected chi connectivity index (χ0v) is 13.5. The minimum Gasteiger partial charge on any atom is -0.341 e. The largest absolute Gasteiger partial charge is 0.341 e. The number of amides is 1. The molecule has 1 saturated heterocycles. The SMILES string of the molecule is CNC(C(=O)N1CCCCC1)c1ccccc1-c1[c]nccc1. The van der Waals surface area contributed by atoms with Crippen LogP contribution in [-0.2, 0) is 4.79 Å². The second-order valence-electron chi connectivity index (χ2n) is 5.86. The van der Waals surface area contributed by atoms with Crippen LogP contribution < -0.4 is 5.32 Å². The fourth-order valence-electron chi connectivity index (χ4n) is 3.18. The van der Waals surface area contributed by atoms with E-state index in [2.05, 4.69) is 16.5 Å². The van der Waals surface area contributed by atoms with Crippen LogP contribution in [0.4, 0.5) is 0 Å². The molecule has 1 unspecified atom stereocenters. The fraction of sp³-hybridized carbons (Fsp3) is 0.368. The highest BCUT2D eigenvalue weighted by molar-refractivity contribution is 5.86. The topological polar surface area (TPSA) is 45.2 Å². The van der Waals surface area contributed by atoms with Crippen LogP contribution in [0.1, 0.15) is 30.9 Å². The predicted octanol–water partition coefficient (Wildman–Crippen LogP) is 2.82. The average Bonchev–Trinajstić information content (AvgIpc) is 2.64. The molecule has 23 heavy (non-hydrogen) atoms. The Morgan fingerprint density at radius 3 is 2.65 bits per heavy atom. The van der Waals surface area contributed by atoms with Gasteiger partial charge in [0.1, 0.15) is 6.04 Å². The van der Waals surface area contributed by atoms with Crippen LogP contribution >= 0.6 is 0 Å². The summed E-state index contributed by atoms with van der Waals surface area (Å²) in [5.74, 6) is 0.156. The summed E-state index contributed by atoms with van der Waals surface area (Å²) in [6.07, 6.45) is 8.14. The van der Waals surface area contributed by atoms with Gasteiger partial charge < -0.3 is 10.2 Å². The van der Waals surface area contributed by atoms with Crippen molar-refractivity contribution < 1.29 is 4.79 Å². The molecule has 0 saturated carbocycles. The van der Waals surface area contributed by atoms with Gasteiger partial charge in [-0.15, -0.1) is 0 Å². The molecule has 1 fully saturated rings. The van der Waals surface area contributed by atoms with E-state index < -0.39 is 0 Å². The Morgan fingerprint density at radius 2 is 1.96 bits per heavy atom. The fourth-order valence-corrected chi connectivity index (χ4v) is 3.18. The molecule has 1 aromatic heterocycles. The first-order valence-electron chi connectivity index (χ1n) is 8.19. The molecule has 4 nitrogen and oxygen atoms in total. The Hall–Kier alpha value is -2.20. The van der Waals surface area contributed by atoms with Gasteiger partial charge in [-0.25, -0.2) is 0 Å². The van der Waals surface area contributed by atoms with Crippen molar-refractivity contribution in [2.24, 2.45) is 0 Å². The van der Waals surface area contributed by atoms with E-state index in [-0.39, 0.29) is 11.9 Å². The Morgan fingerprint density at radius 1 is 1.17 bits per heavy atom. The monoisotopic (exact) mass is 308 g/mol. The standard InChI is InChI=1S/C19H22N3O/c1-20-18(19(23)22-12-5-2-6-13-22)17-10-4-3-9-16(17)15-8-7-11-21-14-15/h3-4,7-11,18,20H,2,5-6,12-13H2,1H3. The van der Waals surface area contributed by atoms with Crippen molar-refractivity contribution in [1.29, 1.82) is 0 Å². The van der Waals surface area contributed by atoms with E-state index >= 15 is 0 Å². The van der Waals surface area contributed by atoms with E-state index in [1.54, 1.807) is 6.20 Å². The van der Waals surface area contributed by atoms with Crippen LogP contribution in [0, 0.1) is 6.20 Å². The summed E-state index contributed by atoms with van der Waals surface area (Å²) in [5, 5.41) is 3.20. The Balaban J connectivity index is 1.94. The summed E-state index contributed by atoms with van der Waals surface area (Å²) in [6, 6.07) is 11.5. The van der Waals surface area contributed by atoms with Gasteiger partial charge in [0.15, 0.2) is 0 Å². The molecule has 119 valence electrons. The summed E-state index contributed by atoms with van der Waals surface area (Å²) in [6.45, 7) is 1.72. The lowest BCUT2D eigenvalue weighted by atomic mass is 9.94. The number of hydrogen-bond donors (Lipinski definition) is 1. The summed E-state index contributed by atoms with van der Waals surface area (Å²) in [7, 11) is 1.84. The minimum absolute atomic E-state index is 0.156. The molecule has 1 aliphatic rings. The van der Waals surface area contributed by atoms with E-state index in [1.807, 2.05) is 48.3 Å². The van der Waals surface area contributed by atoms with Gasteiger partial charge in [-0.3, -0.25) is 9.78 Å². The maximum absolute atomic E-state index is 13.0.